The Labute approximate surface area is 232 Å². The Morgan fingerprint density at radius 3 is 2.77 bits per heavy atom. The molecule has 15 heteroatoms. The quantitative estimate of drug-likeness (QED) is 0.308. The molecule has 39 heavy (non-hydrogen) atoms. The Morgan fingerprint density at radius 2 is 2.08 bits per heavy atom. The minimum Gasteiger partial charge on any atom is -0.481 e. The number of aryl methyl sites for hydroxylation is 1. The zero-order chi connectivity index (χ0) is 27.9. The molecule has 1 unspecified atom stereocenters. The molecule has 5 rings (SSSR count). The second-order valence-corrected chi connectivity index (χ2v) is 12.2. The molecule has 206 valence electrons. The number of aromatic nitrogens is 4. The standard InChI is InChI=1S/C24H24ClFN6O5S2/c1-13-29-32-22-17(27-24(32)38-13)8-9-31(21(22)15-5-4-14(11-36-2)10-16(15)26)20(33)12-37-18-6-7-19(28-23(18)25)30-39(3,34)35/h4-7,10,21H,8-9,11-12H2,1-3H3,(H,28,30). The number of nitrogens with one attached hydrogen (secondary N) is 1. The first kappa shape index (κ1) is 27.2. The van der Waals surface area contributed by atoms with Gasteiger partial charge in [0.15, 0.2) is 17.5 Å². The van der Waals surface area contributed by atoms with Gasteiger partial charge in [-0.3, -0.25) is 9.52 Å². The van der Waals surface area contributed by atoms with Crippen molar-refractivity contribution in [2.24, 2.45) is 0 Å². The number of anilines is 1. The lowest BCUT2D eigenvalue weighted by molar-refractivity contribution is -0.135. The number of amides is 1. The maximum absolute atomic E-state index is 15.5. The maximum atomic E-state index is 15.5. The Hall–Kier alpha value is -3.33. The predicted molar refractivity (Wildman–Crippen MR) is 143 cm³/mol. The van der Waals surface area contributed by atoms with Crippen LogP contribution in [0.1, 0.15) is 33.6 Å². The van der Waals surface area contributed by atoms with Crippen LogP contribution in [0.25, 0.3) is 4.96 Å². The first-order valence-corrected chi connectivity index (χ1v) is 14.8. The first-order chi connectivity index (χ1) is 18.5. The van der Waals surface area contributed by atoms with Crippen LogP contribution in [0.15, 0.2) is 30.3 Å². The molecule has 0 aliphatic carbocycles. The number of hydrogen-bond acceptors (Lipinski definition) is 9. The summed E-state index contributed by atoms with van der Waals surface area (Å²) in [5.74, 6) is -0.790. The molecule has 0 saturated carbocycles. The molecule has 4 heterocycles. The molecular weight excluding hydrogens is 571 g/mol. The van der Waals surface area contributed by atoms with Crippen LogP contribution in [0, 0.1) is 12.7 Å². The summed E-state index contributed by atoms with van der Waals surface area (Å²) in [5.41, 5.74) is 2.34. The van der Waals surface area contributed by atoms with E-state index < -0.39 is 34.4 Å². The number of imidazole rings is 1. The number of fused-ring (bicyclic) bond motifs is 3. The van der Waals surface area contributed by atoms with E-state index in [2.05, 4.69) is 14.8 Å². The number of rotatable bonds is 8. The zero-order valence-corrected chi connectivity index (χ0v) is 23.5. The van der Waals surface area contributed by atoms with Crippen LogP contribution in [0.4, 0.5) is 10.2 Å². The molecule has 1 N–H and O–H groups in total. The molecule has 1 aliphatic rings. The maximum Gasteiger partial charge on any atom is 0.261 e. The van der Waals surface area contributed by atoms with E-state index in [1.54, 1.807) is 21.5 Å². The van der Waals surface area contributed by atoms with Gasteiger partial charge in [-0.25, -0.2) is 27.3 Å². The Morgan fingerprint density at radius 1 is 1.28 bits per heavy atom. The number of ether oxygens (including phenoxy) is 2. The van der Waals surface area contributed by atoms with Gasteiger partial charge >= 0.3 is 0 Å². The summed E-state index contributed by atoms with van der Waals surface area (Å²) in [7, 11) is -2.01. The smallest absolute Gasteiger partial charge is 0.261 e. The van der Waals surface area contributed by atoms with Gasteiger partial charge in [-0.15, -0.1) is 0 Å². The summed E-state index contributed by atoms with van der Waals surface area (Å²) in [6.07, 6.45) is 1.45. The molecule has 0 fully saturated rings. The van der Waals surface area contributed by atoms with E-state index >= 15 is 4.39 Å². The fourth-order valence-electron chi connectivity index (χ4n) is 4.49. The average Bonchev–Trinajstić information content (AvgIpc) is 3.38. The topological polar surface area (TPSA) is 128 Å². The minimum atomic E-state index is -3.54. The minimum absolute atomic E-state index is 0.0144. The van der Waals surface area contributed by atoms with Crippen LogP contribution in [0.2, 0.25) is 5.15 Å². The van der Waals surface area contributed by atoms with E-state index in [1.807, 2.05) is 6.92 Å². The lowest BCUT2D eigenvalue weighted by Gasteiger charge is -2.35. The third-order valence-electron chi connectivity index (χ3n) is 6.02. The van der Waals surface area contributed by atoms with Gasteiger partial charge in [-0.1, -0.05) is 35.1 Å². The van der Waals surface area contributed by atoms with Crippen molar-refractivity contribution < 1.29 is 27.1 Å². The molecule has 0 bridgehead atoms. The average molecular weight is 595 g/mol. The summed E-state index contributed by atoms with van der Waals surface area (Å²) < 4.78 is 53.1. The highest BCUT2D eigenvalue weighted by Gasteiger charge is 2.38. The van der Waals surface area contributed by atoms with Gasteiger partial charge in [0.1, 0.15) is 22.7 Å². The molecule has 1 aliphatic heterocycles. The lowest BCUT2D eigenvalue weighted by Crippen LogP contribution is -2.43. The number of nitrogens with zero attached hydrogens (tertiary/aromatic N) is 5. The SMILES string of the molecule is COCc1ccc(C2c3c(nc4sc(C)nn34)CCN2C(=O)COc2ccc(NS(C)(=O)=O)nc2Cl)c(F)c1. The first-order valence-electron chi connectivity index (χ1n) is 11.7. The van der Waals surface area contributed by atoms with Gasteiger partial charge in [0.25, 0.3) is 5.91 Å². The second-order valence-electron chi connectivity index (χ2n) is 8.94. The zero-order valence-electron chi connectivity index (χ0n) is 21.1. The van der Waals surface area contributed by atoms with Crippen molar-refractivity contribution in [1.29, 1.82) is 0 Å². The Bertz CT molecular complexity index is 1670. The highest BCUT2D eigenvalue weighted by Crippen LogP contribution is 2.38. The molecule has 1 aromatic carbocycles. The van der Waals surface area contributed by atoms with Crippen molar-refractivity contribution in [2.75, 3.05) is 31.2 Å². The number of carbonyl (C=O) groups excluding carboxylic acids is 1. The van der Waals surface area contributed by atoms with Crippen LogP contribution in [0.5, 0.6) is 5.75 Å². The Kier molecular flexibility index (Phi) is 7.46. The highest BCUT2D eigenvalue weighted by molar-refractivity contribution is 7.92. The summed E-state index contributed by atoms with van der Waals surface area (Å²) in [5, 5.41) is 5.23. The fourth-order valence-corrected chi connectivity index (χ4v) is 5.96. The number of hydrogen-bond donors (Lipinski definition) is 1. The molecule has 0 saturated heterocycles. The van der Waals surface area contributed by atoms with Gasteiger partial charge in [0.05, 0.1) is 24.3 Å². The van der Waals surface area contributed by atoms with E-state index in [9.17, 15) is 13.2 Å². The molecule has 1 atom stereocenters. The molecule has 0 spiro atoms. The molecule has 0 radical (unpaired) electrons. The van der Waals surface area contributed by atoms with Crippen molar-refractivity contribution in [3.05, 3.63) is 68.8 Å². The van der Waals surface area contributed by atoms with Crippen LogP contribution in [-0.2, 0) is 32.6 Å². The number of methoxy groups -OCH3 is 1. The third-order valence-corrected chi connectivity index (χ3v) is 7.70. The molecule has 4 aromatic rings. The molecular formula is C24H24ClFN6O5S2. The van der Waals surface area contributed by atoms with Crippen molar-refractivity contribution in [1.82, 2.24) is 24.5 Å². The number of carbonyl (C=O) groups is 1. The normalized spacial score (nSPS) is 15.4. The van der Waals surface area contributed by atoms with Crippen molar-refractivity contribution in [3.8, 4) is 5.75 Å². The summed E-state index contributed by atoms with van der Waals surface area (Å²) in [6, 6.07) is 6.79. The lowest BCUT2D eigenvalue weighted by atomic mass is 9.94. The molecule has 11 nitrogen and oxygen atoms in total. The van der Waals surface area contributed by atoms with E-state index in [1.165, 1.54) is 36.6 Å². The number of sulfonamides is 1. The van der Waals surface area contributed by atoms with E-state index in [0.29, 0.717) is 28.2 Å². The molecule has 3 aromatic heterocycles. The van der Waals surface area contributed by atoms with E-state index in [4.69, 9.17) is 26.1 Å². The van der Waals surface area contributed by atoms with E-state index in [0.717, 1.165) is 17.0 Å². The predicted octanol–water partition coefficient (Wildman–Crippen LogP) is 3.36. The number of pyridine rings is 1. The summed E-state index contributed by atoms with van der Waals surface area (Å²) >= 11 is 7.58. The fraction of sp³-hybridized carbons (Fsp3) is 0.333. The third kappa shape index (κ3) is 5.69. The van der Waals surface area contributed by atoms with Crippen LogP contribution < -0.4 is 9.46 Å². The van der Waals surface area contributed by atoms with Gasteiger partial charge < -0.3 is 14.4 Å². The summed E-state index contributed by atoms with van der Waals surface area (Å²) in [4.78, 5) is 24.4. The van der Waals surface area contributed by atoms with E-state index in [-0.39, 0.29) is 29.9 Å². The van der Waals surface area contributed by atoms with Gasteiger partial charge in [0.2, 0.25) is 15.0 Å². The Balaban J connectivity index is 1.46. The van der Waals surface area contributed by atoms with Crippen molar-refractivity contribution >= 4 is 49.6 Å². The van der Waals surface area contributed by atoms with Crippen LogP contribution in [0.3, 0.4) is 0 Å². The summed E-state index contributed by atoms with van der Waals surface area (Å²) in [6.45, 7) is 1.98. The number of halogens is 2. The van der Waals surface area contributed by atoms with Gasteiger partial charge in [-0.05, 0) is 30.7 Å². The van der Waals surface area contributed by atoms with Crippen molar-refractivity contribution in [2.45, 2.75) is 26.0 Å². The van der Waals surface area contributed by atoms with Crippen molar-refractivity contribution in [3.63, 3.8) is 0 Å². The van der Waals surface area contributed by atoms with Gasteiger partial charge in [-0.2, -0.15) is 5.10 Å². The highest BCUT2D eigenvalue weighted by atomic mass is 35.5. The van der Waals surface area contributed by atoms with Crippen LogP contribution in [-0.4, -0.2) is 65.3 Å². The largest absolute Gasteiger partial charge is 0.481 e. The van der Waals surface area contributed by atoms with Gasteiger partial charge in [0, 0.05) is 25.6 Å². The molecule has 1 amide bonds. The van der Waals surface area contributed by atoms with Crippen LogP contribution >= 0.6 is 22.9 Å². The number of benzene rings is 1. The monoisotopic (exact) mass is 594 g/mol. The second kappa shape index (κ2) is 10.7.